The highest BCUT2D eigenvalue weighted by Gasteiger charge is 2.31. The summed E-state index contributed by atoms with van der Waals surface area (Å²) in [5.41, 5.74) is 0.803. The number of benzene rings is 1. The molecule has 0 unspecified atom stereocenters. The lowest BCUT2D eigenvalue weighted by molar-refractivity contribution is -0.274. The molecule has 0 aliphatic rings. The van der Waals surface area contributed by atoms with Crippen molar-refractivity contribution < 1.29 is 27.1 Å². The number of furan rings is 1. The highest BCUT2D eigenvalue weighted by atomic mass is 19.4. The minimum atomic E-state index is -4.78. The van der Waals surface area contributed by atoms with Gasteiger partial charge < -0.3 is 14.5 Å². The van der Waals surface area contributed by atoms with Gasteiger partial charge in [-0.15, -0.1) is 13.2 Å². The average molecular weight is 285 g/mol. The second-order valence-corrected chi connectivity index (χ2v) is 3.96. The minimum Gasteiger partial charge on any atom is -0.459 e. The van der Waals surface area contributed by atoms with Gasteiger partial charge in [0.25, 0.3) is 5.91 Å². The highest BCUT2D eigenvalue weighted by Crippen LogP contribution is 2.25. The standard InChI is InChI=1S/C13H10F3NO3/c1-8-5-6-19-11(8)12(18)17-9-3-2-4-10(7-9)20-13(14,15)16/h2-7H,1H3,(H,17,18). The van der Waals surface area contributed by atoms with Gasteiger partial charge in [-0.2, -0.15) is 0 Å². The monoisotopic (exact) mass is 285 g/mol. The van der Waals surface area contributed by atoms with Crippen LogP contribution in [-0.2, 0) is 0 Å². The smallest absolute Gasteiger partial charge is 0.459 e. The van der Waals surface area contributed by atoms with Gasteiger partial charge in [0.05, 0.1) is 6.26 Å². The molecule has 0 saturated heterocycles. The van der Waals surface area contributed by atoms with E-state index in [1.165, 1.54) is 18.4 Å². The van der Waals surface area contributed by atoms with Crippen LogP contribution in [-0.4, -0.2) is 12.3 Å². The van der Waals surface area contributed by atoms with E-state index in [1.807, 2.05) is 0 Å². The molecule has 0 fully saturated rings. The van der Waals surface area contributed by atoms with Gasteiger partial charge in [0, 0.05) is 17.3 Å². The van der Waals surface area contributed by atoms with Crippen molar-refractivity contribution in [1.29, 1.82) is 0 Å². The van der Waals surface area contributed by atoms with Gasteiger partial charge in [0.2, 0.25) is 0 Å². The van der Waals surface area contributed by atoms with E-state index in [4.69, 9.17) is 4.42 Å². The second kappa shape index (κ2) is 5.28. The molecule has 0 radical (unpaired) electrons. The summed E-state index contributed by atoms with van der Waals surface area (Å²) in [7, 11) is 0. The fourth-order valence-electron chi connectivity index (χ4n) is 1.56. The van der Waals surface area contributed by atoms with E-state index in [0.29, 0.717) is 5.56 Å². The Bertz CT molecular complexity index is 619. The average Bonchev–Trinajstić information content (AvgIpc) is 2.73. The molecular formula is C13H10F3NO3. The maximum Gasteiger partial charge on any atom is 0.573 e. The van der Waals surface area contributed by atoms with E-state index >= 15 is 0 Å². The zero-order valence-electron chi connectivity index (χ0n) is 10.3. The molecule has 1 amide bonds. The lowest BCUT2D eigenvalue weighted by atomic mass is 10.2. The number of aryl methyl sites for hydroxylation is 1. The van der Waals surface area contributed by atoms with Crippen LogP contribution in [0.25, 0.3) is 0 Å². The Kier molecular flexibility index (Phi) is 3.69. The second-order valence-electron chi connectivity index (χ2n) is 3.96. The fourth-order valence-corrected chi connectivity index (χ4v) is 1.56. The van der Waals surface area contributed by atoms with E-state index in [2.05, 4.69) is 10.1 Å². The number of alkyl halides is 3. The molecule has 0 spiro atoms. The maximum atomic E-state index is 12.1. The van der Waals surface area contributed by atoms with E-state index in [9.17, 15) is 18.0 Å². The van der Waals surface area contributed by atoms with E-state index in [0.717, 1.165) is 12.1 Å². The number of carbonyl (C=O) groups excluding carboxylic acids is 1. The largest absolute Gasteiger partial charge is 0.573 e. The molecule has 1 heterocycles. The number of rotatable bonds is 3. The summed E-state index contributed by atoms with van der Waals surface area (Å²) in [5, 5.41) is 2.43. The van der Waals surface area contributed by atoms with E-state index < -0.39 is 18.0 Å². The number of amides is 1. The number of hydrogen-bond donors (Lipinski definition) is 1. The van der Waals surface area contributed by atoms with Gasteiger partial charge in [-0.1, -0.05) is 6.07 Å². The van der Waals surface area contributed by atoms with Gasteiger partial charge >= 0.3 is 6.36 Å². The molecular weight excluding hydrogens is 275 g/mol. The molecule has 1 aromatic heterocycles. The molecule has 7 heteroatoms. The first kappa shape index (κ1) is 14.0. The number of hydrogen-bond acceptors (Lipinski definition) is 3. The summed E-state index contributed by atoms with van der Waals surface area (Å²) in [6, 6.07) is 6.61. The normalized spacial score (nSPS) is 11.2. The number of ether oxygens (including phenoxy) is 1. The number of halogens is 3. The Morgan fingerprint density at radius 1 is 1.30 bits per heavy atom. The summed E-state index contributed by atoms with van der Waals surface area (Å²) in [6.45, 7) is 1.68. The molecule has 1 aromatic carbocycles. The molecule has 0 atom stereocenters. The van der Waals surface area contributed by atoms with Crippen molar-refractivity contribution in [3.05, 3.63) is 47.9 Å². The minimum absolute atomic E-state index is 0.104. The third-order valence-corrected chi connectivity index (χ3v) is 2.39. The van der Waals surface area contributed by atoms with Crippen molar-refractivity contribution in [2.45, 2.75) is 13.3 Å². The first-order chi connectivity index (χ1) is 9.35. The lowest BCUT2D eigenvalue weighted by Crippen LogP contribution is -2.17. The van der Waals surface area contributed by atoms with Crippen LogP contribution in [0.15, 0.2) is 41.0 Å². The lowest BCUT2D eigenvalue weighted by Gasteiger charge is -2.10. The molecule has 2 rings (SSSR count). The predicted molar refractivity (Wildman–Crippen MR) is 64.5 cm³/mol. The van der Waals surface area contributed by atoms with Gasteiger partial charge in [0.1, 0.15) is 5.75 Å². The molecule has 0 aliphatic heterocycles. The van der Waals surface area contributed by atoms with Crippen molar-refractivity contribution in [2.75, 3.05) is 5.32 Å². The number of anilines is 1. The Hall–Kier alpha value is -2.44. The van der Waals surface area contributed by atoms with Crippen LogP contribution in [0.3, 0.4) is 0 Å². The van der Waals surface area contributed by atoms with Crippen LogP contribution >= 0.6 is 0 Å². The van der Waals surface area contributed by atoms with Crippen LogP contribution in [0, 0.1) is 6.92 Å². The Morgan fingerprint density at radius 2 is 2.05 bits per heavy atom. The van der Waals surface area contributed by atoms with Crippen molar-refractivity contribution in [3.63, 3.8) is 0 Å². The van der Waals surface area contributed by atoms with Gasteiger partial charge in [-0.05, 0) is 25.1 Å². The summed E-state index contributed by atoms with van der Waals surface area (Å²) in [6.07, 6.45) is -3.42. The first-order valence-corrected chi connectivity index (χ1v) is 5.56. The Balaban J connectivity index is 2.12. The summed E-state index contributed by atoms with van der Waals surface area (Å²) >= 11 is 0. The third kappa shape index (κ3) is 3.53. The highest BCUT2D eigenvalue weighted by molar-refractivity contribution is 6.03. The third-order valence-electron chi connectivity index (χ3n) is 2.39. The van der Waals surface area contributed by atoms with Crippen LogP contribution in [0.5, 0.6) is 5.75 Å². The van der Waals surface area contributed by atoms with Crippen LogP contribution in [0.4, 0.5) is 18.9 Å². The summed E-state index contributed by atoms with van der Waals surface area (Å²) in [5.74, 6) is -0.852. The molecule has 0 aliphatic carbocycles. The quantitative estimate of drug-likeness (QED) is 0.934. The van der Waals surface area contributed by atoms with E-state index in [-0.39, 0.29) is 11.4 Å². The molecule has 2 aromatic rings. The fraction of sp³-hybridized carbons (Fsp3) is 0.154. The molecule has 4 nitrogen and oxygen atoms in total. The molecule has 0 bridgehead atoms. The predicted octanol–water partition coefficient (Wildman–Crippen LogP) is 3.74. The van der Waals surface area contributed by atoms with E-state index in [1.54, 1.807) is 13.0 Å². The molecule has 106 valence electrons. The van der Waals surface area contributed by atoms with Crippen LogP contribution in [0.2, 0.25) is 0 Å². The van der Waals surface area contributed by atoms with Gasteiger partial charge in [-0.25, -0.2) is 0 Å². The SMILES string of the molecule is Cc1ccoc1C(=O)Nc1cccc(OC(F)(F)F)c1. The maximum absolute atomic E-state index is 12.1. The summed E-state index contributed by atoms with van der Waals surface area (Å²) in [4.78, 5) is 11.8. The first-order valence-electron chi connectivity index (χ1n) is 5.56. The Labute approximate surface area is 112 Å². The molecule has 20 heavy (non-hydrogen) atoms. The van der Waals surface area contributed by atoms with Gasteiger partial charge in [-0.3, -0.25) is 4.79 Å². The zero-order chi connectivity index (χ0) is 14.8. The summed E-state index contributed by atoms with van der Waals surface area (Å²) < 4.78 is 45.0. The Morgan fingerprint density at radius 3 is 2.65 bits per heavy atom. The van der Waals surface area contributed by atoms with Crippen molar-refractivity contribution in [1.82, 2.24) is 0 Å². The van der Waals surface area contributed by atoms with Crippen molar-refractivity contribution in [3.8, 4) is 5.75 Å². The van der Waals surface area contributed by atoms with Gasteiger partial charge in [0.15, 0.2) is 5.76 Å². The van der Waals surface area contributed by atoms with Crippen LogP contribution < -0.4 is 10.1 Å². The van der Waals surface area contributed by atoms with Crippen LogP contribution in [0.1, 0.15) is 16.1 Å². The number of nitrogens with one attached hydrogen (secondary N) is 1. The molecule has 1 N–H and O–H groups in total. The molecule has 0 saturated carbocycles. The zero-order valence-corrected chi connectivity index (χ0v) is 10.3. The van der Waals surface area contributed by atoms with Crippen molar-refractivity contribution >= 4 is 11.6 Å². The number of carbonyl (C=O) groups is 1. The van der Waals surface area contributed by atoms with Crippen molar-refractivity contribution in [2.24, 2.45) is 0 Å². The topological polar surface area (TPSA) is 51.5 Å².